The molecule has 1 aliphatic heterocycles. The minimum Gasteiger partial charge on any atom is -0.507 e. The first-order valence-corrected chi connectivity index (χ1v) is 15.1. The van der Waals surface area contributed by atoms with Gasteiger partial charge in [-0.05, 0) is 80.8 Å². The Morgan fingerprint density at radius 1 is 0.978 bits per heavy atom. The van der Waals surface area contributed by atoms with Gasteiger partial charge in [0.15, 0.2) is 16.6 Å². The minimum absolute atomic E-state index is 0.0766. The third kappa shape index (κ3) is 6.25. The van der Waals surface area contributed by atoms with Gasteiger partial charge in [-0.15, -0.1) is 0 Å². The fourth-order valence-corrected chi connectivity index (χ4v) is 5.97. The highest BCUT2D eigenvalue weighted by Crippen LogP contribution is 2.45. The molecule has 1 unspecified atom stereocenters. The SMILES string of the molecule is CCOC(=O)c1sc(N2C(=O)C(=O)C(=C(O)c3ccc(OCc4ccccc4C)cc3)C2c2ccc(O)c(OCC)c2)nc1C. The van der Waals surface area contributed by atoms with E-state index in [-0.39, 0.29) is 45.9 Å². The van der Waals surface area contributed by atoms with Gasteiger partial charge in [0.25, 0.3) is 5.78 Å². The molecular weight excluding hydrogens is 596 g/mol. The van der Waals surface area contributed by atoms with Gasteiger partial charge >= 0.3 is 11.9 Å². The van der Waals surface area contributed by atoms with E-state index in [9.17, 15) is 24.6 Å². The van der Waals surface area contributed by atoms with Crippen LogP contribution in [0.1, 0.15) is 57.5 Å². The van der Waals surface area contributed by atoms with Gasteiger partial charge in [-0.25, -0.2) is 9.78 Å². The van der Waals surface area contributed by atoms with Crippen molar-refractivity contribution < 1.29 is 38.8 Å². The normalized spacial score (nSPS) is 15.7. The van der Waals surface area contributed by atoms with Crippen molar-refractivity contribution in [2.45, 2.75) is 40.3 Å². The Balaban J connectivity index is 1.57. The number of phenolic OH excluding ortho intramolecular Hbond substituents is 1. The van der Waals surface area contributed by atoms with Crippen LogP contribution in [0.15, 0.2) is 72.3 Å². The van der Waals surface area contributed by atoms with Crippen molar-refractivity contribution >= 4 is 39.9 Å². The zero-order valence-electron chi connectivity index (χ0n) is 25.2. The van der Waals surface area contributed by atoms with E-state index in [4.69, 9.17) is 14.2 Å². The molecule has 1 atom stereocenters. The first-order chi connectivity index (χ1) is 21.6. The van der Waals surface area contributed by atoms with Crippen molar-refractivity contribution in [1.29, 1.82) is 0 Å². The molecule has 0 saturated carbocycles. The topological polar surface area (TPSA) is 135 Å². The van der Waals surface area contributed by atoms with Crippen LogP contribution in [0, 0.1) is 13.8 Å². The molecule has 4 aromatic rings. The number of carbonyl (C=O) groups excluding carboxylic acids is 3. The largest absolute Gasteiger partial charge is 0.507 e. The molecule has 10 nitrogen and oxygen atoms in total. The Hall–Kier alpha value is -5.16. The molecule has 1 aromatic heterocycles. The van der Waals surface area contributed by atoms with E-state index in [0.717, 1.165) is 27.4 Å². The van der Waals surface area contributed by atoms with Gasteiger partial charge in [-0.1, -0.05) is 41.7 Å². The highest BCUT2D eigenvalue weighted by Gasteiger charge is 2.48. The number of esters is 1. The number of aromatic nitrogens is 1. The molecule has 11 heteroatoms. The molecule has 1 amide bonds. The first-order valence-electron chi connectivity index (χ1n) is 14.3. The Bertz CT molecular complexity index is 1790. The fourth-order valence-electron chi connectivity index (χ4n) is 4.99. The van der Waals surface area contributed by atoms with Crippen LogP contribution in [0.25, 0.3) is 5.76 Å². The smallest absolute Gasteiger partial charge is 0.350 e. The molecule has 0 radical (unpaired) electrons. The zero-order valence-corrected chi connectivity index (χ0v) is 26.0. The second-order valence-corrected chi connectivity index (χ2v) is 11.2. The lowest BCUT2D eigenvalue weighted by Gasteiger charge is -2.23. The van der Waals surface area contributed by atoms with Crippen molar-refractivity contribution in [3.63, 3.8) is 0 Å². The predicted octanol–water partition coefficient (Wildman–Crippen LogP) is 6.25. The number of Topliss-reactive ketones (excluding diaryl/α,β-unsaturated/α-hetero) is 1. The van der Waals surface area contributed by atoms with Crippen LogP contribution in [-0.2, 0) is 20.9 Å². The van der Waals surface area contributed by atoms with Gasteiger partial charge < -0.3 is 24.4 Å². The Labute approximate surface area is 264 Å². The molecule has 0 spiro atoms. The number of hydrogen-bond acceptors (Lipinski definition) is 10. The highest BCUT2D eigenvalue weighted by molar-refractivity contribution is 7.17. The number of carbonyl (C=O) groups is 3. The number of hydrogen-bond donors (Lipinski definition) is 2. The van der Waals surface area contributed by atoms with Crippen LogP contribution in [0.3, 0.4) is 0 Å². The summed E-state index contributed by atoms with van der Waals surface area (Å²) in [5, 5.41) is 22.0. The number of amides is 1. The van der Waals surface area contributed by atoms with Gasteiger partial charge in [0.2, 0.25) is 0 Å². The molecule has 1 saturated heterocycles. The number of benzene rings is 3. The Morgan fingerprint density at radius 3 is 2.40 bits per heavy atom. The van der Waals surface area contributed by atoms with E-state index < -0.39 is 29.5 Å². The maximum absolute atomic E-state index is 13.6. The van der Waals surface area contributed by atoms with E-state index >= 15 is 0 Å². The predicted molar refractivity (Wildman–Crippen MR) is 169 cm³/mol. The van der Waals surface area contributed by atoms with Crippen molar-refractivity contribution in [1.82, 2.24) is 4.98 Å². The van der Waals surface area contributed by atoms with E-state index in [2.05, 4.69) is 4.98 Å². The van der Waals surface area contributed by atoms with Crippen LogP contribution >= 0.6 is 11.3 Å². The number of aliphatic hydroxyl groups is 1. The van der Waals surface area contributed by atoms with Crippen LogP contribution in [0.2, 0.25) is 0 Å². The summed E-state index contributed by atoms with van der Waals surface area (Å²) in [7, 11) is 0. The summed E-state index contributed by atoms with van der Waals surface area (Å²) in [4.78, 5) is 45.6. The van der Waals surface area contributed by atoms with Crippen molar-refractivity contribution in [2.75, 3.05) is 18.1 Å². The van der Waals surface area contributed by atoms with Gasteiger partial charge in [0, 0.05) is 5.56 Å². The number of aliphatic hydroxyl groups excluding tert-OH is 1. The maximum Gasteiger partial charge on any atom is 0.350 e. The number of nitrogens with zero attached hydrogens (tertiary/aromatic N) is 2. The lowest BCUT2D eigenvalue weighted by molar-refractivity contribution is -0.132. The van der Waals surface area contributed by atoms with Crippen LogP contribution < -0.4 is 14.4 Å². The molecule has 2 heterocycles. The van der Waals surface area contributed by atoms with Crippen LogP contribution in [0.5, 0.6) is 17.2 Å². The van der Waals surface area contributed by atoms with E-state index in [1.165, 1.54) is 18.2 Å². The van der Waals surface area contributed by atoms with Gasteiger partial charge in [-0.3, -0.25) is 14.5 Å². The van der Waals surface area contributed by atoms with E-state index in [0.29, 0.717) is 23.6 Å². The molecule has 3 aromatic carbocycles. The molecule has 1 aliphatic rings. The summed E-state index contributed by atoms with van der Waals surface area (Å²) < 4.78 is 16.6. The number of ether oxygens (including phenoxy) is 3. The molecule has 5 rings (SSSR count). The fraction of sp³-hybridized carbons (Fsp3) is 0.235. The summed E-state index contributed by atoms with van der Waals surface area (Å²) in [6.45, 7) is 7.80. The molecule has 232 valence electrons. The molecule has 1 fully saturated rings. The van der Waals surface area contributed by atoms with E-state index in [1.807, 2.05) is 31.2 Å². The molecule has 2 N–H and O–H groups in total. The number of thiazole rings is 1. The highest BCUT2D eigenvalue weighted by atomic mass is 32.1. The van der Waals surface area contributed by atoms with Gasteiger partial charge in [0.05, 0.1) is 30.5 Å². The number of phenols is 1. The third-order valence-electron chi connectivity index (χ3n) is 7.28. The molecule has 0 aliphatic carbocycles. The first kappa shape index (κ1) is 31.3. The summed E-state index contributed by atoms with van der Waals surface area (Å²) in [6.07, 6.45) is 0. The average molecular weight is 629 g/mol. The van der Waals surface area contributed by atoms with Gasteiger partial charge in [0.1, 0.15) is 23.0 Å². The lowest BCUT2D eigenvalue weighted by Crippen LogP contribution is -2.29. The molecule has 45 heavy (non-hydrogen) atoms. The maximum atomic E-state index is 13.6. The quantitative estimate of drug-likeness (QED) is 0.0905. The molecular formula is C34H32N2O8S. The van der Waals surface area contributed by atoms with Crippen LogP contribution in [0.4, 0.5) is 5.13 Å². The second kappa shape index (κ2) is 13.2. The summed E-state index contributed by atoms with van der Waals surface area (Å²) in [6, 6.07) is 17.7. The average Bonchev–Trinajstić information content (AvgIpc) is 3.54. The minimum atomic E-state index is -1.15. The lowest BCUT2D eigenvalue weighted by atomic mass is 9.95. The Morgan fingerprint density at radius 2 is 1.71 bits per heavy atom. The number of aromatic hydroxyl groups is 1. The standard InChI is InChI=1S/C34H32N2O8S/c1-5-42-26-17-22(13-16-25(26)37)28-27(30(39)32(40)36(28)34-35-20(4)31(45-34)33(41)43-6-2)29(38)21-11-14-24(15-12-21)44-18-23-10-8-7-9-19(23)3/h7-17,28,37-38H,5-6,18H2,1-4H3. The second-order valence-electron chi connectivity index (χ2n) is 10.2. The zero-order chi connectivity index (χ0) is 32.2. The third-order valence-corrected chi connectivity index (χ3v) is 8.42. The number of rotatable bonds is 10. The van der Waals surface area contributed by atoms with Crippen molar-refractivity contribution in [3.8, 4) is 17.2 Å². The van der Waals surface area contributed by atoms with Gasteiger partial charge in [-0.2, -0.15) is 0 Å². The summed E-state index contributed by atoms with van der Waals surface area (Å²) in [5.74, 6) is -2.32. The number of anilines is 1. The number of aryl methyl sites for hydroxylation is 2. The van der Waals surface area contributed by atoms with Crippen LogP contribution in [-0.4, -0.2) is 46.1 Å². The number of ketones is 1. The summed E-state index contributed by atoms with van der Waals surface area (Å²) >= 11 is 0.909. The Kier molecular flexibility index (Phi) is 9.19. The van der Waals surface area contributed by atoms with E-state index in [1.54, 1.807) is 45.0 Å². The van der Waals surface area contributed by atoms with Crippen molar-refractivity contribution in [3.05, 3.63) is 105 Å². The monoisotopic (exact) mass is 628 g/mol. The van der Waals surface area contributed by atoms with Crippen molar-refractivity contribution in [2.24, 2.45) is 0 Å². The summed E-state index contributed by atoms with van der Waals surface area (Å²) in [5.41, 5.74) is 2.94. The molecule has 0 bridgehead atoms.